The third-order valence-electron chi connectivity index (χ3n) is 5.02. The standard InChI is InChI=1S/C24H25NO3S/c1-25(2)23(26)18-22(19-12-6-3-7-13-19)24(20-14-8-4-9-15-20)29(27,28)21-16-10-5-11-17-21/h3-17,22,24H,18H2,1-2H3. The first-order chi connectivity index (χ1) is 13.9. The van der Waals surface area contributed by atoms with Crippen LogP contribution in [-0.2, 0) is 14.6 Å². The number of hydrogen-bond donors (Lipinski definition) is 0. The molecule has 3 aromatic carbocycles. The lowest BCUT2D eigenvalue weighted by Crippen LogP contribution is -2.28. The summed E-state index contributed by atoms with van der Waals surface area (Å²) in [5.41, 5.74) is 1.51. The highest BCUT2D eigenvalue weighted by Gasteiger charge is 2.38. The van der Waals surface area contributed by atoms with Crippen molar-refractivity contribution >= 4 is 15.7 Å². The van der Waals surface area contributed by atoms with Crippen LogP contribution in [0.5, 0.6) is 0 Å². The number of amides is 1. The van der Waals surface area contributed by atoms with Crippen LogP contribution in [-0.4, -0.2) is 33.3 Å². The summed E-state index contributed by atoms with van der Waals surface area (Å²) in [5, 5.41) is -0.877. The molecule has 29 heavy (non-hydrogen) atoms. The summed E-state index contributed by atoms with van der Waals surface area (Å²) in [6.07, 6.45) is 0.0998. The van der Waals surface area contributed by atoms with Crippen LogP contribution in [0, 0.1) is 0 Å². The smallest absolute Gasteiger partial charge is 0.222 e. The van der Waals surface area contributed by atoms with Crippen molar-refractivity contribution in [2.45, 2.75) is 22.5 Å². The second kappa shape index (κ2) is 9.05. The van der Waals surface area contributed by atoms with Crippen molar-refractivity contribution in [3.8, 4) is 0 Å². The van der Waals surface area contributed by atoms with Crippen LogP contribution in [0.4, 0.5) is 0 Å². The highest BCUT2D eigenvalue weighted by molar-refractivity contribution is 7.91. The lowest BCUT2D eigenvalue weighted by Gasteiger charge is -2.29. The Bertz CT molecular complexity index is 1030. The van der Waals surface area contributed by atoms with Crippen molar-refractivity contribution in [3.05, 3.63) is 102 Å². The molecule has 0 saturated carbocycles. The maximum Gasteiger partial charge on any atom is 0.222 e. The summed E-state index contributed by atoms with van der Waals surface area (Å²) < 4.78 is 27.5. The molecule has 0 bridgehead atoms. The van der Waals surface area contributed by atoms with E-state index >= 15 is 0 Å². The zero-order valence-electron chi connectivity index (χ0n) is 16.6. The predicted molar refractivity (Wildman–Crippen MR) is 115 cm³/mol. The number of hydrogen-bond acceptors (Lipinski definition) is 3. The van der Waals surface area contributed by atoms with Gasteiger partial charge in [-0.15, -0.1) is 0 Å². The topological polar surface area (TPSA) is 54.5 Å². The van der Waals surface area contributed by atoms with Crippen molar-refractivity contribution in [2.24, 2.45) is 0 Å². The van der Waals surface area contributed by atoms with E-state index in [-0.39, 0.29) is 17.2 Å². The van der Waals surface area contributed by atoms with E-state index in [4.69, 9.17) is 0 Å². The van der Waals surface area contributed by atoms with Crippen molar-refractivity contribution in [2.75, 3.05) is 14.1 Å². The fourth-order valence-corrected chi connectivity index (χ4v) is 5.53. The van der Waals surface area contributed by atoms with Crippen LogP contribution in [0.2, 0.25) is 0 Å². The number of benzene rings is 3. The van der Waals surface area contributed by atoms with E-state index in [0.717, 1.165) is 5.56 Å². The normalized spacial score (nSPS) is 13.4. The Balaban J connectivity index is 2.20. The zero-order chi connectivity index (χ0) is 20.9. The number of rotatable bonds is 7. The molecule has 0 aliphatic carbocycles. The zero-order valence-corrected chi connectivity index (χ0v) is 17.4. The van der Waals surface area contributed by atoms with Crippen LogP contribution < -0.4 is 0 Å². The Morgan fingerprint density at radius 2 is 1.21 bits per heavy atom. The van der Waals surface area contributed by atoms with Gasteiger partial charge in [0.05, 0.1) is 10.1 Å². The largest absolute Gasteiger partial charge is 0.349 e. The van der Waals surface area contributed by atoms with E-state index in [1.54, 1.807) is 44.4 Å². The van der Waals surface area contributed by atoms with Gasteiger partial charge in [-0.25, -0.2) is 8.42 Å². The molecule has 4 nitrogen and oxygen atoms in total. The first-order valence-electron chi connectivity index (χ1n) is 9.50. The molecule has 3 aromatic rings. The van der Waals surface area contributed by atoms with Gasteiger partial charge in [-0.05, 0) is 23.3 Å². The van der Waals surface area contributed by atoms with Crippen LogP contribution in [0.1, 0.15) is 28.7 Å². The summed E-state index contributed by atoms with van der Waals surface area (Å²) >= 11 is 0. The van der Waals surface area contributed by atoms with Crippen molar-refractivity contribution in [1.29, 1.82) is 0 Å². The maximum atomic E-state index is 13.8. The first kappa shape index (κ1) is 20.8. The molecular weight excluding hydrogens is 382 g/mol. The number of carbonyl (C=O) groups is 1. The Morgan fingerprint density at radius 3 is 1.69 bits per heavy atom. The second-order valence-corrected chi connectivity index (χ2v) is 9.27. The van der Waals surface area contributed by atoms with E-state index in [2.05, 4.69) is 0 Å². The minimum atomic E-state index is -3.74. The van der Waals surface area contributed by atoms with Gasteiger partial charge in [-0.3, -0.25) is 4.79 Å². The predicted octanol–water partition coefficient (Wildman–Crippen LogP) is 4.46. The Hall–Kier alpha value is -2.92. The molecule has 0 aliphatic rings. The van der Waals surface area contributed by atoms with Crippen LogP contribution >= 0.6 is 0 Å². The summed E-state index contributed by atoms with van der Waals surface area (Å²) in [6, 6.07) is 27.0. The van der Waals surface area contributed by atoms with Crippen LogP contribution in [0.15, 0.2) is 95.9 Å². The molecule has 0 heterocycles. The maximum absolute atomic E-state index is 13.8. The summed E-state index contributed by atoms with van der Waals surface area (Å²) in [7, 11) is -0.367. The third-order valence-corrected chi connectivity index (χ3v) is 7.22. The molecule has 5 heteroatoms. The molecule has 0 N–H and O–H groups in total. The quantitative estimate of drug-likeness (QED) is 0.581. The van der Waals surface area contributed by atoms with Gasteiger partial charge >= 0.3 is 0 Å². The highest BCUT2D eigenvalue weighted by atomic mass is 32.2. The van der Waals surface area contributed by atoms with E-state index in [9.17, 15) is 13.2 Å². The van der Waals surface area contributed by atoms with E-state index in [1.165, 1.54) is 4.90 Å². The van der Waals surface area contributed by atoms with Gasteiger partial charge in [0.25, 0.3) is 0 Å². The lowest BCUT2D eigenvalue weighted by molar-refractivity contribution is -0.129. The second-order valence-electron chi connectivity index (χ2n) is 7.20. The Morgan fingerprint density at radius 1 is 0.759 bits per heavy atom. The molecule has 150 valence electrons. The van der Waals surface area contributed by atoms with Crippen LogP contribution in [0.3, 0.4) is 0 Å². The minimum Gasteiger partial charge on any atom is -0.349 e. The van der Waals surface area contributed by atoms with Gasteiger partial charge in [-0.2, -0.15) is 0 Å². The van der Waals surface area contributed by atoms with Crippen molar-refractivity contribution in [3.63, 3.8) is 0 Å². The van der Waals surface area contributed by atoms with Gasteiger partial charge in [0.15, 0.2) is 9.84 Å². The van der Waals surface area contributed by atoms with Crippen LogP contribution in [0.25, 0.3) is 0 Å². The molecule has 1 amide bonds. The molecule has 0 spiro atoms. The average Bonchev–Trinajstić information content (AvgIpc) is 2.75. The van der Waals surface area contributed by atoms with E-state index in [1.807, 2.05) is 60.7 Å². The van der Waals surface area contributed by atoms with Gasteiger partial charge in [0, 0.05) is 26.4 Å². The summed E-state index contributed by atoms with van der Waals surface area (Å²) in [4.78, 5) is 14.4. The Labute approximate surface area is 172 Å². The van der Waals surface area contributed by atoms with E-state index < -0.39 is 21.0 Å². The number of carbonyl (C=O) groups excluding carboxylic acids is 1. The summed E-state index contributed by atoms with van der Waals surface area (Å²) in [5.74, 6) is -0.623. The van der Waals surface area contributed by atoms with E-state index in [0.29, 0.717) is 5.56 Å². The molecule has 2 unspecified atom stereocenters. The number of nitrogens with zero attached hydrogens (tertiary/aromatic N) is 1. The van der Waals surface area contributed by atoms with Crippen molar-refractivity contribution < 1.29 is 13.2 Å². The monoisotopic (exact) mass is 407 g/mol. The first-order valence-corrected chi connectivity index (χ1v) is 11.0. The van der Waals surface area contributed by atoms with Gasteiger partial charge in [0.1, 0.15) is 0 Å². The molecular formula is C24H25NO3S. The van der Waals surface area contributed by atoms with Gasteiger partial charge in [0.2, 0.25) is 5.91 Å². The average molecular weight is 408 g/mol. The minimum absolute atomic E-state index is 0.0998. The number of sulfone groups is 1. The fraction of sp³-hybridized carbons (Fsp3) is 0.208. The summed E-state index contributed by atoms with van der Waals surface area (Å²) in [6.45, 7) is 0. The molecule has 0 radical (unpaired) electrons. The lowest BCUT2D eigenvalue weighted by atomic mass is 9.88. The molecule has 3 rings (SSSR count). The Kier molecular flexibility index (Phi) is 6.49. The molecule has 2 atom stereocenters. The molecule has 0 saturated heterocycles. The third kappa shape index (κ3) is 4.74. The fourth-order valence-electron chi connectivity index (χ4n) is 3.50. The highest BCUT2D eigenvalue weighted by Crippen LogP contribution is 2.42. The molecule has 0 aliphatic heterocycles. The molecule has 0 aromatic heterocycles. The SMILES string of the molecule is CN(C)C(=O)CC(c1ccccc1)C(c1ccccc1)S(=O)(=O)c1ccccc1. The van der Waals surface area contributed by atoms with Gasteiger partial charge < -0.3 is 4.90 Å². The van der Waals surface area contributed by atoms with Gasteiger partial charge in [-0.1, -0.05) is 78.9 Å². The van der Waals surface area contributed by atoms with Crippen molar-refractivity contribution in [1.82, 2.24) is 4.90 Å². The molecule has 0 fully saturated rings.